The van der Waals surface area contributed by atoms with Crippen molar-refractivity contribution in [1.82, 2.24) is 0 Å². The minimum absolute atomic E-state index is 0.151. The van der Waals surface area contributed by atoms with E-state index in [1.807, 2.05) is 6.07 Å². The predicted molar refractivity (Wildman–Crippen MR) is 125 cm³/mol. The molecule has 3 rings (SSSR count). The first kappa shape index (κ1) is 22.9. The van der Waals surface area contributed by atoms with Crippen LogP contribution in [0.1, 0.15) is 27.6 Å². The van der Waals surface area contributed by atoms with Gasteiger partial charge in [-0.05, 0) is 67.6 Å². The van der Waals surface area contributed by atoms with Gasteiger partial charge in [-0.1, -0.05) is 12.1 Å². The maximum atomic E-state index is 12.5. The molecular formula is C24H22N2O5S. The zero-order chi connectivity index (χ0) is 23.1. The van der Waals surface area contributed by atoms with Gasteiger partial charge in [0.2, 0.25) is 5.91 Å². The fraction of sp³-hybridized carbons (Fsp3) is 0.125. The maximum absolute atomic E-state index is 12.5. The number of aromatic carboxylic acids is 1. The molecule has 2 amide bonds. The number of carbonyl (C=O) groups is 3. The molecule has 164 valence electrons. The molecule has 0 fully saturated rings. The molecule has 7 nitrogen and oxygen atoms in total. The first-order valence-corrected chi connectivity index (χ1v) is 10.6. The molecule has 1 atom stereocenters. The Morgan fingerprint density at radius 2 is 1.59 bits per heavy atom. The number of carbonyl (C=O) groups excluding carboxylic acids is 2. The van der Waals surface area contributed by atoms with E-state index >= 15 is 0 Å². The van der Waals surface area contributed by atoms with Crippen LogP contribution in [0, 0.1) is 0 Å². The molecule has 32 heavy (non-hydrogen) atoms. The Morgan fingerprint density at radius 3 is 2.28 bits per heavy atom. The van der Waals surface area contributed by atoms with Crippen molar-refractivity contribution in [2.45, 2.75) is 17.1 Å². The number of nitrogens with one attached hydrogen (secondary N) is 2. The summed E-state index contributed by atoms with van der Waals surface area (Å²) in [7, 11) is 1.54. The van der Waals surface area contributed by atoms with E-state index in [1.165, 1.54) is 23.9 Å². The first-order chi connectivity index (χ1) is 15.4. The lowest BCUT2D eigenvalue weighted by Gasteiger charge is -2.13. The molecule has 0 aromatic heterocycles. The lowest BCUT2D eigenvalue weighted by Crippen LogP contribution is -2.22. The van der Waals surface area contributed by atoms with Gasteiger partial charge in [0, 0.05) is 21.8 Å². The molecule has 0 aliphatic heterocycles. The van der Waals surface area contributed by atoms with Crippen LogP contribution in [0.5, 0.6) is 5.75 Å². The highest BCUT2D eigenvalue weighted by Gasteiger charge is 2.16. The molecule has 0 saturated heterocycles. The van der Waals surface area contributed by atoms with E-state index in [4.69, 9.17) is 9.84 Å². The van der Waals surface area contributed by atoms with Gasteiger partial charge in [-0.25, -0.2) is 4.79 Å². The van der Waals surface area contributed by atoms with E-state index in [1.54, 1.807) is 68.6 Å². The Bertz CT molecular complexity index is 1130. The van der Waals surface area contributed by atoms with Crippen molar-refractivity contribution in [3.63, 3.8) is 0 Å². The average molecular weight is 451 g/mol. The standard InChI is InChI=1S/C24H22N2O5S/c1-15(22(27)25-18-11-9-16(10-12-18)24(29)30)32-21-8-4-6-19(14-21)26-23(28)17-5-3-7-20(13-17)31-2/h3-15H,1-2H3,(H,25,27)(H,26,28)(H,29,30). The summed E-state index contributed by atoms with van der Waals surface area (Å²) in [5.41, 5.74) is 1.76. The van der Waals surface area contributed by atoms with Gasteiger partial charge in [0.05, 0.1) is 17.9 Å². The summed E-state index contributed by atoms with van der Waals surface area (Å²) in [5, 5.41) is 14.2. The number of ether oxygens (including phenoxy) is 1. The number of hydrogen-bond donors (Lipinski definition) is 3. The van der Waals surface area contributed by atoms with Crippen molar-refractivity contribution < 1.29 is 24.2 Å². The molecule has 0 aliphatic rings. The Morgan fingerprint density at radius 1 is 0.875 bits per heavy atom. The van der Waals surface area contributed by atoms with Crippen molar-refractivity contribution >= 4 is 40.9 Å². The van der Waals surface area contributed by atoms with Crippen molar-refractivity contribution in [3.8, 4) is 5.75 Å². The SMILES string of the molecule is COc1cccc(C(=O)Nc2cccc(SC(C)C(=O)Nc3ccc(C(=O)O)cc3)c2)c1. The Balaban J connectivity index is 1.61. The van der Waals surface area contributed by atoms with E-state index < -0.39 is 11.2 Å². The number of anilines is 2. The number of thioether (sulfide) groups is 1. The fourth-order valence-electron chi connectivity index (χ4n) is 2.81. The molecule has 0 bridgehead atoms. The topological polar surface area (TPSA) is 105 Å². The number of benzene rings is 3. The van der Waals surface area contributed by atoms with Crippen LogP contribution < -0.4 is 15.4 Å². The van der Waals surface area contributed by atoms with Crippen LogP contribution in [-0.4, -0.2) is 35.2 Å². The van der Waals surface area contributed by atoms with Gasteiger partial charge in [-0.2, -0.15) is 0 Å². The molecule has 1 unspecified atom stereocenters. The van der Waals surface area contributed by atoms with Gasteiger partial charge in [0.25, 0.3) is 5.91 Å². The molecule has 0 heterocycles. The summed E-state index contributed by atoms with van der Waals surface area (Å²) >= 11 is 1.34. The minimum atomic E-state index is -1.02. The second-order valence-corrected chi connectivity index (χ2v) is 8.26. The normalized spacial score (nSPS) is 11.3. The van der Waals surface area contributed by atoms with E-state index in [0.29, 0.717) is 22.7 Å². The zero-order valence-electron chi connectivity index (χ0n) is 17.5. The predicted octanol–water partition coefficient (Wildman–Crippen LogP) is 4.77. The highest BCUT2D eigenvalue weighted by atomic mass is 32.2. The highest BCUT2D eigenvalue weighted by molar-refractivity contribution is 8.00. The van der Waals surface area contributed by atoms with Gasteiger partial charge in [-0.3, -0.25) is 9.59 Å². The van der Waals surface area contributed by atoms with Crippen molar-refractivity contribution in [2.24, 2.45) is 0 Å². The lowest BCUT2D eigenvalue weighted by atomic mass is 10.2. The Hall–Kier alpha value is -3.78. The van der Waals surface area contributed by atoms with Gasteiger partial charge in [-0.15, -0.1) is 11.8 Å². The van der Waals surface area contributed by atoms with Crippen LogP contribution in [0.4, 0.5) is 11.4 Å². The van der Waals surface area contributed by atoms with E-state index in [9.17, 15) is 14.4 Å². The van der Waals surface area contributed by atoms with Crippen LogP contribution in [0.2, 0.25) is 0 Å². The molecule has 3 N–H and O–H groups in total. The Labute approximate surface area is 189 Å². The maximum Gasteiger partial charge on any atom is 0.335 e. The third-order valence-electron chi connectivity index (χ3n) is 4.51. The fourth-order valence-corrected chi connectivity index (χ4v) is 3.74. The molecular weight excluding hydrogens is 428 g/mol. The molecule has 8 heteroatoms. The van der Waals surface area contributed by atoms with Gasteiger partial charge >= 0.3 is 5.97 Å². The van der Waals surface area contributed by atoms with Crippen molar-refractivity contribution in [2.75, 3.05) is 17.7 Å². The minimum Gasteiger partial charge on any atom is -0.497 e. The van der Waals surface area contributed by atoms with Crippen LogP contribution in [0.3, 0.4) is 0 Å². The second-order valence-electron chi connectivity index (χ2n) is 6.85. The van der Waals surface area contributed by atoms with E-state index in [2.05, 4.69) is 10.6 Å². The van der Waals surface area contributed by atoms with Crippen molar-refractivity contribution in [3.05, 3.63) is 83.9 Å². The summed E-state index contributed by atoms with van der Waals surface area (Å²) in [6, 6.07) is 20.1. The smallest absolute Gasteiger partial charge is 0.335 e. The van der Waals surface area contributed by atoms with E-state index in [-0.39, 0.29) is 17.4 Å². The number of carboxylic acid groups (broad SMARTS) is 1. The molecule has 3 aromatic carbocycles. The number of hydrogen-bond acceptors (Lipinski definition) is 5. The number of carboxylic acids is 1. The largest absolute Gasteiger partial charge is 0.497 e. The molecule has 0 spiro atoms. The lowest BCUT2D eigenvalue weighted by molar-refractivity contribution is -0.115. The average Bonchev–Trinajstić information content (AvgIpc) is 2.79. The van der Waals surface area contributed by atoms with Crippen LogP contribution in [0.15, 0.2) is 77.7 Å². The molecule has 0 saturated carbocycles. The van der Waals surface area contributed by atoms with Gasteiger partial charge < -0.3 is 20.5 Å². The van der Waals surface area contributed by atoms with E-state index in [0.717, 1.165) is 4.90 Å². The third kappa shape index (κ3) is 6.12. The van der Waals surface area contributed by atoms with Crippen molar-refractivity contribution in [1.29, 1.82) is 0 Å². The first-order valence-electron chi connectivity index (χ1n) is 9.72. The number of rotatable bonds is 8. The summed E-state index contributed by atoms with van der Waals surface area (Å²) < 4.78 is 5.15. The summed E-state index contributed by atoms with van der Waals surface area (Å²) in [4.78, 5) is 36.8. The monoisotopic (exact) mass is 450 g/mol. The summed E-state index contributed by atoms with van der Waals surface area (Å²) in [6.07, 6.45) is 0. The zero-order valence-corrected chi connectivity index (χ0v) is 18.3. The Kier molecular flexibility index (Phi) is 7.51. The third-order valence-corrected chi connectivity index (χ3v) is 5.60. The number of methoxy groups -OCH3 is 1. The van der Waals surface area contributed by atoms with Crippen LogP contribution >= 0.6 is 11.8 Å². The molecule has 0 radical (unpaired) electrons. The molecule has 0 aliphatic carbocycles. The quantitative estimate of drug-likeness (QED) is 0.427. The summed E-state index contributed by atoms with van der Waals surface area (Å²) in [5.74, 6) is -0.907. The second kappa shape index (κ2) is 10.5. The van der Waals surface area contributed by atoms with Crippen LogP contribution in [-0.2, 0) is 4.79 Å². The number of amides is 2. The van der Waals surface area contributed by atoms with Crippen LogP contribution in [0.25, 0.3) is 0 Å². The summed E-state index contributed by atoms with van der Waals surface area (Å²) in [6.45, 7) is 1.77. The van der Waals surface area contributed by atoms with Gasteiger partial charge in [0.15, 0.2) is 0 Å². The highest BCUT2D eigenvalue weighted by Crippen LogP contribution is 2.27. The molecule has 3 aromatic rings. The van der Waals surface area contributed by atoms with Gasteiger partial charge in [0.1, 0.15) is 5.75 Å².